The van der Waals surface area contributed by atoms with Gasteiger partial charge in [-0.15, -0.1) is 0 Å². The molecule has 0 spiro atoms. The lowest BCUT2D eigenvalue weighted by Crippen LogP contribution is -2.47. The molecule has 3 saturated carbocycles. The molecule has 0 bridgehead atoms. The molecule has 4 rings (SSSR count). The third-order valence-electron chi connectivity index (χ3n) is 10.4. The molecular weight excluding hydrogens is 340 g/mol. The molecule has 0 radical (unpaired) electrons. The van der Waals surface area contributed by atoms with Crippen LogP contribution in [0.15, 0.2) is 11.6 Å². The number of allylic oxidation sites excluding steroid dienone is 1. The molecule has 0 aromatic rings. The summed E-state index contributed by atoms with van der Waals surface area (Å²) in [6, 6.07) is 0. The highest BCUT2D eigenvalue weighted by molar-refractivity contribution is 5.20. The van der Waals surface area contributed by atoms with E-state index in [1.807, 2.05) is 0 Å². The highest BCUT2D eigenvalue weighted by Crippen LogP contribution is 2.64. The molecule has 1 nitrogen and oxygen atoms in total. The maximum Gasteiger partial charge on any atom is 0.0577 e. The van der Waals surface area contributed by atoms with Crippen molar-refractivity contribution in [2.75, 3.05) is 0 Å². The number of aliphatic hydroxyl groups is 1. The van der Waals surface area contributed by atoms with E-state index in [1.165, 1.54) is 51.4 Å². The Morgan fingerprint density at radius 1 is 1.00 bits per heavy atom. The molecule has 1 heteroatoms. The van der Waals surface area contributed by atoms with Crippen molar-refractivity contribution in [3.8, 4) is 0 Å². The Morgan fingerprint density at radius 3 is 2.54 bits per heavy atom. The van der Waals surface area contributed by atoms with Crippen LogP contribution in [0.25, 0.3) is 0 Å². The van der Waals surface area contributed by atoms with Crippen LogP contribution in [-0.4, -0.2) is 11.2 Å². The van der Waals surface area contributed by atoms with Crippen LogP contribution in [0, 0.1) is 52.8 Å². The summed E-state index contributed by atoms with van der Waals surface area (Å²) in [5.41, 5.74) is 2.23. The molecule has 9 atom stereocenters. The second kappa shape index (κ2) is 8.09. The van der Waals surface area contributed by atoms with Crippen LogP contribution in [0.5, 0.6) is 0 Å². The van der Waals surface area contributed by atoms with E-state index in [-0.39, 0.29) is 6.10 Å². The lowest BCUT2D eigenvalue weighted by atomic mass is 9.51. The van der Waals surface area contributed by atoms with Gasteiger partial charge < -0.3 is 5.11 Å². The van der Waals surface area contributed by atoms with E-state index in [0.717, 1.165) is 60.2 Å². The maximum atomic E-state index is 10.1. The summed E-state index contributed by atoms with van der Waals surface area (Å²) < 4.78 is 0. The van der Waals surface area contributed by atoms with Gasteiger partial charge >= 0.3 is 0 Å². The van der Waals surface area contributed by atoms with E-state index >= 15 is 0 Å². The van der Waals surface area contributed by atoms with Crippen molar-refractivity contribution in [1.82, 2.24) is 0 Å². The maximum absolute atomic E-state index is 10.1. The molecule has 1 N–H and O–H groups in total. The van der Waals surface area contributed by atoms with Crippen molar-refractivity contribution < 1.29 is 5.11 Å². The lowest BCUT2D eigenvalue weighted by molar-refractivity contribution is -0.0298. The minimum Gasteiger partial charge on any atom is -0.393 e. The van der Waals surface area contributed by atoms with Gasteiger partial charge in [-0.2, -0.15) is 0 Å². The van der Waals surface area contributed by atoms with Crippen LogP contribution in [0.4, 0.5) is 0 Å². The Hall–Kier alpha value is -0.300. The van der Waals surface area contributed by atoms with Crippen molar-refractivity contribution in [2.24, 2.45) is 52.8 Å². The van der Waals surface area contributed by atoms with Crippen LogP contribution in [0.1, 0.15) is 98.8 Å². The van der Waals surface area contributed by atoms with E-state index in [4.69, 9.17) is 0 Å². The average Bonchev–Trinajstić information content (AvgIpc) is 3.02. The van der Waals surface area contributed by atoms with Gasteiger partial charge in [0, 0.05) is 0 Å². The van der Waals surface area contributed by atoms with Gasteiger partial charge in [-0.25, -0.2) is 0 Å². The van der Waals surface area contributed by atoms with Crippen molar-refractivity contribution in [3.63, 3.8) is 0 Å². The summed E-state index contributed by atoms with van der Waals surface area (Å²) in [6.07, 6.45) is 15.9. The van der Waals surface area contributed by atoms with Crippen LogP contribution in [0.2, 0.25) is 0 Å². The fraction of sp³-hybridized carbons (Fsp3) is 0.926. The fourth-order valence-electron chi connectivity index (χ4n) is 8.29. The predicted octanol–water partition coefficient (Wildman–Crippen LogP) is 7.24. The third-order valence-corrected chi connectivity index (χ3v) is 10.4. The smallest absolute Gasteiger partial charge is 0.0577 e. The van der Waals surface area contributed by atoms with E-state index in [0.29, 0.717) is 5.41 Å². The van der Waals surface area contributed by atoms with E-state index in [2.05, 4.69) is 40.7 Å². The Balaban J connectivity index is 1.45. The Kier molecular flexibility index (Phi) is 6.05. The molecular formula is C27H46O. The van der Waals surface area contributed by atoms with Crippen LogP contribution >= 0.6 is 0 Å². The largest absolute Gasteiger partial charge is 0.393 e. The second-order valence-electron chi connectivity index (χ2n) is 12.0. The summed E-state index contributed by atoms with van der Waals surface area (Å²) in [5.74, 6) is 7.19. The highest BCUT2D eigenvalue weighted by atomic mass is 16.3. The van der Waals surface area contributed by atoms with Gasteiger partial charge in [-0.3, -0.25) is 0 Å². The van der Waals surface area contributed by atoms with Crippen molar-refractivity contribution >= 4 is 0 Å². The molecule has 28 heavy (non-hydrogen) atoms. The molecule has 0 heterocycles. The highest BCUT2D eigenvalue weighted by Gasteiger charge is 2.56. The number of aliphatic hydroxyl groups excluding tert-OH is 1. The summed E-state index contributed by atoms with van der Waals surface area (Å²) in [4.78, 5) is 0. The number of hydrogen-bond donors (Lipinski definition) is 1. The Morgan fingerprint density at radius 2 is 1.79 bits per heavy atom. The topological polar surface area (TPSA) is 20.2 Å². The molecule has 0 amide bonds. The zero-order valence-corrected chi connectivity index (χ0v) is 19.3. The van der Waals surface area contributed by atoms with Gasteiger partial charge in [0.25, 0.3) is 0 Å². The van der Waals surface area contributed by atoms with Crippen LogP contribution in [0.3, 0.4) is 0 Å². The van der Waals surface area contributed by atoms with Gasteiger partial charge in [0.05, 0.1) is 6.10 Å². The first-order valence-corrected chi connectivity index (χ1v) is 12.7. The molecule has 0 saturated heterocycles. The van der Waals surface area contributed by atoms with E-state index < -0.39 is 0 Å². The first kappa shape index (κ1) is 21.0. The minimum atomic E-state index is -0.0575. The molecule has 3 fully saturated rings. The Labute approximate surface area is 174 Å². The van der Waals surface area contributed by atoms with E-state index in [1.54, 1.807) is 5.57 Å². The number of hydrogen-bond acceptors (Lipinski definition) is 1. The summed E-state index contributed by atoms with van der Waals surface area (Å²) in [6.45, 7) is 12.5. The SMILES string of the molecule is CC(C)C(C)CCC(C)C1CCC2C3CC=C4CC(O)CCC4C3CCC12C. The standard InChI is InChI=1S/C27H46O/c1-17(2)18(3)6-7-19(4)25-12-13-26-24-10-8-20-16-21(28)9-11-22(20)23(24)14-15-27(25,26)5/h8,17-19,21-26,28H,6-7,9-16H2,1-5H3. The summed E-state index contributed by atoms with van der Waals surface area (Å²) >= 11 is 0. The van der Waals surface area contributed by atoms with Crippen molar-refractivity contribution in [1.29, 1.82) is 0 Å². The summed E-state index contributed by atoms with van der Waals surface area (Å²) in [5, 5.41) is 10.1. The minimum absolute atomic E-state index is 0.0575. The molecule has 9 unspecified atom stereocenters. The first-order chi connectivity index (χ1) is 13.3. The molecule has 0 aliphatic heterocycles. The van der Waals surface area contributed by atoms with Gasteiger partial charge in [0.2, 0.25) is 0 Å². The van der Waals surface area contributed by atoms with Crippen LogP contribution < -0.4 is 0 Å². The van der Waals surface area contributed by atoms with Gasteiger partial charge in [-0.1, -0.05) is 59.1 Å². The fourth-order valence-corrected chi connectivity index (χ4v) is 8.29. The zero-order chi connectivity index (χ0) is 20.1. The molecule has 160 valence electrons. The van der Waals surface area contributed by atoms with Crippen LogP contribution in [-0.2, 0) is 0 Å². The van der Waals surface area contributed by atoms with Gasteiger partial charge in [0.15, 0.2) is 0 Å². The van der Waals surface area contributed by atoms with Crippen molar-refractivity contribution in [2.45, 2.75) is 105 Å². The molecule has 0 aromatic heterocycles. The number of fused-ring (bicyclic) bond motifs is 5. The molecule has 4 aliphatic rings. The Bertz CT molecular complexity index is 577. The van der Waals surface area contributed by atoms with E-state index in [9.17, 15) is 5.11 Å². The number of rotatable bonds is 5. The third kappa shape index (κ3) is 3.63. The monoisotopic (exact) mass is 386 g/mol. The zero-order valence-electron chi connectivity index (χ0n) is 19.3. The predicted molar refractivity (Wildman–Crippen MR) is 119 cm³/mol. The second-order valence-corrected chi connectivity index (χ2v) is 12.0. The quantitative estimate of drug-likeness (QED) is 0.493. The first-order valence-electron chi connectivity index (χ1n) is 12.7. The van der Waals surface area contributed by atoms with Gasteiger partial charge in [-0.05, 0) is 104 Å². The average molecular weight is 387 g/mol. The van der Waals surface area contributed by atoms with Crippen molar-refractivity contribution in [3.05, 3.63) is 11.6 Å². The summed E-state index contributed by atoms with van der Waals surface area (Å²) in [7, 11) is 0. The normalized spacial score (nSPS) is 45.0. The molecule has 4 aliphatic carbocycles. The van der Waals surface area contributed by atoms with Gasteiger partial charge in [0.1, 0.15) is 0 Å². The lowest BCUT2D eigenvalue weighted by Gasteiger charge is -2.54. The molecule has 0 aromatic carbocycles.